The van der Waals surface area contributed by atoms with Crippen molar-refractivity contribution in [1.29, 1.82) is 0 Å². The number of nitrogens with zero attached hydrogens (tertiary/aromatic N) is 1. The van der Waals surface area contributed by atoms with Gasteiger partial charge in [0.15, 0.2) is 0 Å². The van der Waals surface area contributed by atoms with Crippen molar-refractivity contribution in [2.45, 2.75) is 0 Å². The molecule has 2 rings (SSSR count). The average Bonchev–Trinajstić information content (AvgIpc) is 2.57. The lowest BCUT2D eigenvalue weighted by Crippen LogP contribution is -2.32. The van der Waals surface area contributed by atoms with Gasteiger partial charge in [-0.3, -0.25) is 9.59 Å². The molecule has 2 N–H and O–H groups in total. The first-order valence-electron chi connectivity index (χ1n) is 6.73. The third-order valence-corrected chi connectivity index (χ3v) is 3.62. The van der Waals surface area contributed by atoms with Crippen LogP contribution in [0.4, 0.5) is 5.69 Å². The number of carbonyl (C=O) groups is 2. The summed E-state index contributed by atoms with van der Waals surface area (Å²) in [6.07, 6.45) is 1.39. The van der Waals surface area contributed by atoms with Crippen molar-refractivity contribution in [2.75, 3.05) is 12.4 Å². The molecule has 0 heterocycles. The highest BCUT2D eigenvalue weighted by Crippen LogP contribution is 2.21. The summed E-state index contributed by atoms with van der Waals surface area (Å²) in [7, 11) is 1.53. The van der Waals surface area contributed by atoms with E-state index in [1.54, 1.807) is 36.4 Å². The van der Waals surface area contributed by atoms with E-state index in [1.165, 1.54) is 13.3 Å². The Morgan fingerprint density at radius 3 is 2.54 bits per heavy atom. The van der Waals surface area contributed by atoms with Crippen LogP contribution < -0.4 is 15.5 Å². The van der Waals surface area contributed by atoms with Crippen molar-refractivity contribution in [3.8, 4) is 5.75 Å². The predicted octanol–water partition coefficient (Wildman–Crippen LogP) is 3.20. The van der Waals surface area contributed by atoms with Crippen molar-refractivity contribution in [3.63, 3.8) is 0 Å². The minimum absolute atomic E-state index is 0.456. The number of rotatable bonds is 4. The Kier molecular flexibility index (Phi) is 6.34. The molecule has 0 saturated carbocycles. The van der Waals surface area contributed by atoms with Gasteiger partial charge in [-0.2, -0.15) is 5.10 Å². The molecule has 0 aliphatic heterocycles. The molecule has 0 unspecified atom stereocenters. The fourth-order valence-electron chi connectivity index (χ4n) is 1.74. The number of hydrazone groups is 1. The first-order chi connectivity index (χ1) is 11.5. The number of anilines is 1. The second-order valence-electron chi connectivity index (χ2n) is 4.55. The monoisotopic (exact) mass is 409 g/mol. The first-order valence-corrected chi connectivity index (χ1v) is 7.90. The molecule has 0 radical (unpaired) electrons. The van der Waals surface area contributed by atoms with E-state index in [1.807, 2.05) is 6.07 Å². The van der Waals surface area contributed by atoms with E-state index in [4.69, 9.17) is 16.3 Å². The highest BCUT2D eigenvalue weighted by atomic mass is 79.9. The van der Waals surface area contributed by atoms with Crippen LogP contribution in [0.15, 0.2) is 52.0 Å². The fourth-order valence-corrected chi connectivity index (χ4v) is 2.24. The van der Waals surface area contributed by atoms with E-state index in [0.717, 1.165) is 4.47 Å². The Morgan fingerprint density at radius 2 is 1.88 bits per heavy atom. The molecule has 0 atom stereocenters. The van der Waals surface area contributed by atoms with E-state index in [9.17, 15) is 9.59 Å². The van der Waals surface area contributed by atoms with Crippen molar-refractivity contribution in [2.24, 2.45) is 5.10 Å². The third-order valence-electron chi connectivity index (χ3n) is 2.87. The molecule has 6 nitrogen and oxygen atoms in total. The van der Waals surface area contributed by atoms with Gasteiger partial charge in [-0.25, -0.2) is 5.43 Å². The molecule has 0 aromatic heterocycles. The molecule has 24 heavy (non-hydrogen) atoms. The smallest absolute Gasteiger partial charge is 0.329 e. The number of nitrogens with one attached hydrogen (secondary N) is 2. The molecule has 0 bridgehead atoms. The number of hydrogen-bond donors (Lipinski definition) is 2. The molecule has 2 aromatic rings. The van der Waals surface area contributed by atoms with Gasteiger partial charge in [-0.05, 0) is 42.5 Å². The number of methoxy groups -OCH3 is 1. The second-order valence-corrected chi connectivity index (χ2v) is 5.90. The van der Waals surface area contributed by atoms with Crippen LogP contribution in [0, 0.1) is 0 Å². The largest absolute Gasteiger partial charge is 0.496 e. The summed E-state index contributed by atoms with van der Waals surface area (Å²) in [5, 5.41) is 6.73. The molecule has 124 valence electrons. The first kappa shape index (κ1) is 18.0. The summed E-state index contributed by atoms with van der Waals surface area (Å²) in [6.45, 7) is 0. The number of carbonyl (C=O) groups excluding carboxylic acids is 2. The Bertz CT molecular complexity index is 779. The van der Waals surface area contributed by atoms with E-state index in [2.05, 4.69) is 31.8 Å². The molecular formula is C16H13BrClN3O3. The van der Waals surface area contributed by atoms with Crippen LogP contribution in [-0.4, -0.2) is 25.1 Å². The quantitative estimate of drug-likeness (QED) is 0.461. The number of amides is 2. The van der Waals surface area contributed by atoms with Gasteiger partial charge in [-0.1, -0.05) is 27.5 Å². The average molecular weight is 411 g/mol. The van der Waals surface area contributed by atoms with E-state index in [-0.39, 0.29) is 0 Å². The molecule has 2 aromatic carbocycles. The van der Waals surface area contributed by atoms with Crippen molar-refractivity contribution in [1.82, 2.24) is 5.43 Å². The summed E-state index contributed by atoms with van der Waals surface area (Å²) in [5.74, 6) is -1.15. The highest BCUT2D eigenvalue weighted by molar-refractivity contribution is 9.10. The number of hydrogen-bond acceptors (Lipinski definition) is 4. The Hall–Kier alpha value is -2.38. The predicted molar refractivity (Wildman–Crippen MR) is 96.5 cm³/mol. The molecule has 0 saturated heterocycles. The van der Waals surface area contributed by atoms with Gasteiger partial charge in [0.1, 0.15) is 5.75 Å². The van der Waals surface area contributed by atoms with E-state index >= 15 is 0 Å². The zero-order valence-electron chi connectivity index (χ0n) is 12.5. The Labute approximate surface area is 152 Å². The number of ether oxygens (including phenoxy) is 1. The second kappa shape index (κ2) is 8.47. The van der Waals surface area contributed by atoms with Gasteiger partial charge in [-0.15, -0.1) is 0 Å². The summed E-state index contributed by atoms with van der Waals surface area (Å²) in [6, 6.07) is 11.7. The minimum Gasteiger partial charge on any atom is -0.496 e. The minimum atomic E-state index is -0.893. The summed E-state index contributed by atoms with van der Waals surface area (Å²) in [5.41, 5.74) is 3.25. The zero-order valence-corrected chi connectivity index (χ0v) is 14.9. The molecular weight excluding hydrogens is 398 g/mol. The molecule has 8 heteroatoms. The van der Waals surface area contributed by atoms with Crippen LogP contribution in [0.3, 0.4) is 0 Å². The van der Waals surface area contributed by atoms with Gasteiger partial charge < -0.3 is 10.1 Å². The molecule has 0 aliphatic carbocycles. The summed E-state index contributed by atoms with van der Waals surface area (Å²) < 4.78 is 6.01. The fraction of sp³-hybridized carbons (Fsp3) is 0.0625. The van der Waals surface area contributed by atoms with Gasteiger partial charge >= 0.3 is 11.8 Å². The van der Waals surface area contributed by atoms with E-state index in [0.29, 0.717) is 22.0 Å². The molecule has 0 spiro atoms. The SMILES string of the molecule is COc1ccc(Br)cc1C=NNC(=O)C(=O)Nc1ccc(Cl)cc1. The lowest BCUT2D eigenvalue weighted by molar-refractivity contribution is -0.136. The van der Waals surface area contributed by atoms with Gasteiger partial charge in [0.05, 0.1) is 13.3 Å². The third kappa shape index (κ3) is 5.07. The lowest BCUT2D eigenvalue weighted by Gasteiger charge is -2.05. The molecule has 0 fully saturated rings. The Morgan fingerprint density at radius 1 is 1.17 bits per heavy atom. The van der Waals surface area contributed by atoms with Crippen LogP contribution in [-0.2, 0) is 9.59 Å². The van der Waals surface area contributed by atoms with Crippen LogP contribution in [0.1, 0.15) is 5.56 Å². The lowest BCUT2D eigenvalue weighted by atomic mass is 10.2. The summed E-state index contributed by atoms with van der Waals surface area (Å²) >= 11 is 9.08. The maximum absolute atomic E-state index is 11.8. The van der Waals surface area contributed by atoms with Gasteiger partial charge in [0.25, 0.3) is 0 Å². The van der Waals surface area contributed by atoms with Crippen LogP contribution in [0.25, 0.3) is 0 Å². The summed E-state index contributed by atoms with van der Waals surface area (Å²) in [4.78, 5) is 23.5. The van der Waals surface area contributed by atoms with Crippen LogP contribution in [0.2, 0.25) is 5.02 Å². The zero-order chi connectivity index (χ0) is 17.5. The van der Waals surface area contributed by atoms with Crippen LogP contribution in [0.5, 0.6) is 5.75 Å². The molecule has 2 amide bonds. The van der Waals surface area contributed by atoms with Crippen molar-refractivity contribution in [3.05, 3.63) is 57.5 Å². The van der Waals surface area contributed by atoms with Crippen molar-refractivity contribution < 1.29 is 14.3 Å². The number of benzene rings is 2. The standard InChI is InChI=1S/C16H13BrClN3O3/c1-24-14-7-2-11(17)8-10(14)9-19-21-16(23)15(22)20-13-5-3-12(18)4-6-13/h2-9H,1H3,(H,20,22)(H,21,23). The van der Waals surface area contributed by atoms with Gasteiger partial charge in [0, 0.05) is 20.7 Å². The van der Waals surface area contributed by atoms with Crippen LogP contribution >= 0.6 is 27.5 Å². The molecule has 0 aliphatic rings. The maximum Gasteiger partial charge on any atom is 0.329 e. The van der Waals surface area contributed by atoms with E-state index < -0.39 is 11.8 Å². The topological polar surface area (TPSA) is 79.8 Å². The normalized spacial score (nSPS) is 10.5. The maximum atomic E-state index is 11.8. The van der Waals surface area contributed by atoms with Gasteiger partial charge in [0.2, 0.25) is 0 Å². The van der Waals surface area contributed by atoms with Crippen molar-refractivity contribution >= 4 is 51.2 Å². The Balaban J connectivity index is 1.96. The number of halogens is 2. The highest BCUT2D eigenvalue weighted by Gasteiger charge is 2.12.